The quantitative estimate of drug-likeness (QED) is 0.734. The molecule has 148 valence electrons. The average molecular weight is 435 g/mol. The van der Waals surface area contributed by atoms with Crippen molar-refractivity contribution in [3.05, 3.63) is 47.0 Å². The number of hydrogen-bond donors (Lipinski definition) is 1. The lowest BCUT2D eigenvalue weighted by Crippen LogP contribution is -2.49. The highest BCUT2D eigenvalue weighted by Gasteiger charge is 2.38. The molecule has 1 atom stereocenters. The lowest BCUT2D eigenvalue weighted by molar-refractivity contribution is 0.0596. The summed E-state index contributed by atoms with van der Waals surface area (Å²) in [5.74, 6) is -0.119. The van der Waals surface area contributed by atoms with Gasteiger partial charge in [-0.15, -0.1) is 12.4 Å². The van der Waals surface area contributed by atoms with Crippen molar-refractivity contribution in [2.45, 2.75) is 10.9 Å². The van der Waals surface area contributed by atoms with Gasteiger partial charge >= 0.3 is 5.97 Å². The van der Waals surface area contributed by atoms with Crippen LogP contribution in [-0.2, 0) is 21.8 Å². The molecule has 0 bridgehead atoms. The number of nitrogens with one attached hydrogen (secondary N) is 1. The van der Waals surface area contributed by atoms with Gasteiger partial charge in [-0.25, -0.2) is 18.2 Å². The van der Waals surface area contributed by atoms with Gasteiger partial charge in [0.25, 0.3) is 0 Å². The van der Waals surface area contributed by atoms with Gasteiger partial charge in [-0.1, -0.05) is 11.6 Å². The number of carbonyl (C=O) groups excluding carboxylic acids is 1. The molecule has 3 rings (SSSR count). The minimum atomic E-state index is -4.01. The number of benzene rings is 1. The Bertz CT molecular complexity index is 932. The van der Waals surface area contributed by atoms with E-state index in [1.165, 1.54) is 29.6 Å². The molecule has 1 saturated heterocycles. The summed E-state index contributed by atoms with van der Waals surface area (Å²) in [7, 11) is -0.998. The maximum Gasteiger partial charge on any atom is 0.339 e. The maximum atomic E-state index is 13.4. The highest BCUT2D eigenvalue weighted by atomic mass is 35.5. The van der Waals surface area contributed by atoms with Crippen molar-refractivity contribution >= 4 is 40.0 Å². The number of rotatable bonds is 4. The summed E-state index contributed by atoms with van der Waals surface area (Å²) in [5, 5.41) is 3.41. The maximum absolute atomic E-state index is 13.4. The fourth-order valence-electron chi connectivity index (χ4n) is 3.01. The highest BCUT2D eigenvalue weighted by Crippen LogP contribution is 2.31. The van der Waals surface area contributed by atoms with Crippen LogP contribution in [0.25, 0.3) is 0 Å². The molecule has 1 aliphatic heterocycles. The number of piperazine rings is 1. The normalized spacial score (nSPS) is 18.0. The van der Waals surface area contributed by atoms with E-state index < -0.39 is 22.0 Å². The van der Waals surface area contributed by atoms with Crippen LogP contribution in [0.4, 0.5) is 0 Å². The Morgan fingerprint density at radius 3 is 2.78 bits per heavy atom. The Hall–Kier alpha value is -1.65. The number of hydrogen-bond acceptors (Lipinski definition) is 6. The van der Waals surface area contributed by atoms with Crippen molar-refractivity contribution in [1.82, 2.24) is 19.2 Å². The number of ether oxygens (including phenoxy) is 1. The molecule has 1 aliphatic rings. The number of methoxy groups -OCH3 is 1. The summed E-state index contributed by atoms with van der Waals surface area (Å²) < 4.78 is 34.6. The van der Waals surface area contributed by atoms with Crippen molar-refractivity contribution in [2.24, 2.45) is 7.05 Å². The molecule has 1 N–H and O–H groups in total. The van der Waals surface area contributed by atoms with E-state index in [2.05, 4.69) is 10.3 Å². The van der Waals surface area contributed by atoms with E-state index in [1.54, 1.807) is 24.0 Å². The van der Waals surface area contributed by atoms with Gasteiger partial charge in [0.2, 0.25) is 10.0 Å². The first-order valence-electron chi connectivity index (χ1n) is 7.94. The number of nitrogens with zero attached hydrogens (tertiary/aromatic N) is 3. The predicted octanol–water partition coefficient (Wildman–Crippen LogP) is 1.62. The Balaban J connectivity index is 0.00000261. The third-order valence-electron chi connectivity index (χ3n) is 4.29. The van der Waals surface area contributed by atoms with Crippen LogP contribution in [0.2, 0.25) is 5.02 Å². The van der Waals surface area contributed by atoms with Crippen LogP contribution in [0.3, 0.4) is 0 Å². The van der Waals surface area contributed by atoms with Gasteiger partial charge < -0.3 is 14.6 Å². The zero-order valence-corrected chi connectivity index (χ0v) is 17.1. The zero-order chi connectivity index (χ0) is 18.9. The van der Waals surface area contributed by atoms with Gasteiger partial charge in [0.15, 0.2) is 0 Å². The van der Waals surface area contributed by atoms with E-state index in [-0.39, 0.29) is 34.4 Å². The summed E-state index contributed by atoms with van der Waals surface area (Å²) in [5.41, 5.74) is -0.0472. The monoisotopic (exact) mass is 434 g/mol. The van der Waals surface area contributed by atoms with E-state index in [0.717, 1.165) is 0 Å². The molecule has 0 radical (unpaired) electrons. The molecular formula is C16H20Cl2N4O4S. The summed E-state index contributed by atoms with van der Waals surface area (Å²) in [6.07, 6.45) is 3.38. The van der Waals surface area contributed by atoms with Gasteiger partial charge in [0.1, 0.15) is 5.82 Å². The number of halogens is 2. The standard InChI is InChI=1S/C16H19ClN4O4S.ClH/c1-20-7-6-19-15(20)13-10-18-5-8-21(13)26(23,24)14-9-11(17)3-4-12(14)16(22)25-2;/h3-4,6-7,9,13,18H,5,8,10H2,1-2H3;1H. The predicted molar refractivity (Wildman–Crippen MR) is 103 cm³/mol. The summed E-state index contributed by atoms with van der Waals surface area (Å²) >= 11 is 6.01. The van der Waals surface area contributed by atoms with Crippen LogP contribution in [0.1, 0.15) is 22.2 Å². The molecule has 8 nitrogen and oxygen atoms in total. The number of aromatic nitrogens is 2. The minimum Gasteiger partial charge on any atom is -0.465 e. The van der Waals surface area contributed by atoms with Gasteiger partial charge in [0.05, 0.1) is 23.6 Å². The average Bonchev–Trinajstić information content (AvgIpc) is 3.06. The van der Waals surface area contributed by atoms with Gasteiger partial charge in [0, 0.05) is 44.1 Å². The van der Waals surface area contributed by atoms with Crippen LogP contribution in [0, 0.1) is 0 Å². The lowest BCUT2D eigenvalue weighted by Gasteiger charge is -2.35. The SMILES string of the molecule is COC(=O)c1ccc(Cl)cc1S(=O)(=O)N1CCNCC1c1nccn1C.Cl. The molecule has 0 aliphatic carbocycles. The Labute approximate surface area is 168 Å². The fraction of sp³-hybridized carbons (Fsp3) is 0.375. The number of aryl methyl sites for hydroxylation is 1. The first-order valence-corrected chi connectivity index (χ1v) is 9.75. The first-order chi connectivity index (χ1) is 12.4. The molecule has 1 aromatic carbocycles. The molecule has 0 spiro atoms. The van der Waals surface area contributed by atoms with Crippen LogP contribution >= 0.6 is 24.0 Å². The van der Waals surface area contributed by atoms with E-state index in [1.807, 2.05) is 0 Å². The Kier molecular flexibility index (Phi) is 6.87. The van der Waals surface area contributed by atoms with Crippen LogP contribution < -0.4 is 5.32 Å². The highest BCUT2D eigenvalue weighted by molar-refractivity contribution is 7.89. The van der Waals surface area contributed by atoms with E-state index in [0.29, 0.717) is 18.9 Å². The second kappa shape index (κ2) is 8.57. The van der Waals surface area contributed by atoms with Crippen LogP contribution in [0.5, 0.6) is 0 Å². The van der Waals surface area contributed by atoms with Crippen molar-refractivity contribution in [1.29, 1.82) is 0 Å². The third-order valence-corrected chi connectivity index (χ3v) is 6.47. The summed E-state index contributed by atoms with van der Waals surface area (Å²) in [6, 6.07) is 3.60. The van der Waals surface area contributed by atoms with Crippen molar-refractivity contribution in [2.75, 3.05) is 26.7 Å². The largest absolute Gasteiger partial charge is 0.465 e. The van der Waals surface area contributed by atoms with Gasteiger partial charge in [-0.2, -0.15) is 4.31 Å². The number of carbonyl (C=O) groups is 1. The molecular weight excluding hydrogens is 415 g/mol. The third kappa shape index (κ3) is 4.12. The fourth-order valence-corrected chi connectivity index (χ4v) is 5.04. The first kappa shape index (κ1) is 21.6. The molecule has 27 heavy (non-hydrogen) atoms. The van der Waals surface area contributed by atoms with E-state index in [4.69, 9.17) is 16.3 Å². The molecule has 0 amide bonds. The van der Waals surface area contributed by atoms with Crippen molar-refractivity contribution in [3.63, 3.8) is 0 Å². The number of sulfonamides is 1. The second-order valence-corrected chi connectivity index (χ2v) is 8.16. The summed E-state index contributed by atoms with van der Waals surface area (Å²) in [4.78, 5) is 16.2. The molecule has 2 aromatic rings. The van der Waals surface area contributed by atoms with E-state index in [9.17, 15) is 13.2 Å². The number of imidazole rings is 1. The topological polar surface area (TPSA) is 93.5 Å². The second-order valence-electron chi connectivity index (χ2n) is 5.86. The zero-order valence-electron chi connectivity index (χ0n) is 14.8. The van der Waals surface area contributed by atoms with Crippen LogP contribution in [-0.4, -0.2) is 55.0 Å². The number of esters is 1. The smallest absolute Gasteiger partial charge is 0.339 e. The van der Waals surface area contributed by atoms with Crippen molar-refractivity contribution < 1.29 is 17.9 Å². The molecule has 2 heterocycles. The minimum absolute atomic E-state index is 0. The Morgan fingerprint density at radius 1 is 1.41 bits per heavy atom. The molecule has 0 saturated carbocycles. The molecule has 1 unspecified atom stereocenters. The molecule has 1 aromatic heterocycles. The Morgan fingerprint density at radius 2 is 2.15 bits per heavy atom. The lowest BCUT2D eigenvalue weighted by atomic mass is 10.2. The molecule has 11 heteroatoms. The van der Waals surface area contributed by atoms with Gasteiger partial charge in [-0.05, 0) is 18.2 Å². The molecule has 1 fully saturated rings. The summed E-state index contributed by atoms with van der Waals surface area (Å²) in [6.45, 7) is 1.15. The van der Waals surface area contributed by atoms with Crippen molar-refractivity contribution in [3.8, 4) is 0 Å². The van der Waals surface area contributed by atoms with E-state index >= 15 is 0 Å². The van der Waals surface area contributed by atoms with Crippen LogP contribution in [0.15, 0.2) is 35.5 Å². The van der Waals surface area contributed by atoms with Gasteiger partial charge in [-0.3, -0.25) is 0 Å².